The van der Waals surface area contributed by atoms with Crippen molar-refractivity contribution >= 4 is 30.1 Å². The SMILES string of the molecule is CC(C)C[C@H](N)C(=O)N1CCSC(C)C1.Cl. The van der Waals surface area contributed by atoms with Gasteiger partial charge >= 0.3 is 0 Å². The molecule has 0 bridgehead atoms. The Kier molecular flexibility index (Phi) is 7.44. The Hall–Kier alpha value is 0.0700. The normalized spacial score (nSPS) is 22.8. The summed E-state index contributed by atoms with van der Waals surface area (Å²) in [6.45, 7) is 8.08. The molecule has 5 heteroatoms. The summed E-state index contributed by atoms with van der Waals surface area (Å²) in [5.41, 5.74) is 5.90. The van der Waals surface area contributed by atoms with Crippen molar-refractivity contribution in [3.8, 4) is 0 Å². The van der Waals surface area contributed by atoms with Gasteiger partial charge in [-0.15, -0.1) is 12.4 Å². The minimum absolute atomic E-state index is 0. The van der Waals surface area contributed by atoms with Crippen molar-refractivity contribution < 1.29 is 4.79 Å². The third-order valence-corrected chi connectivity index (χ3v) is 3.73. The summed E-state index contributed by atoms with van der Waals surface area (Å²) in [5.74, 6) is 1.66. The number of nitrogens with zero attached hydrogens (tertiary/aromatic N) is 1. The summed E-state index contributed by atoms with van der Waals surface area (Å²) in [5, 5.41) is 0.550. The fourth-order valence-corrected chi connectivity index (χ4v) is 2.88. The van der Waals surface area contributed by atoms with E-state index in [1.165, 1.54) is 0 Å². The highest BCUT2D eigenvalue weighted by atomic mass is 35.5. The van der Waals surface area contributed by atoms with Crippen LogP contribution in [-0.4, -0.2) is 40.9 Å². The summed E-state index contributed by atoms with van der Waals surface area (Å²) in [6, 6.07) is -0.305. The molecule has 16 heavy (non-hydrogen) atoms. The Morgan fingerprint density at radius 3 is 2.69 bits per heavy atom. The minimum Gasteiger partial charge on any atom is -0.339 e. The molecule has 0 aliphatic carbocycles. The smallest absolute Gasteiger partial charge is 0.239 e. The van der Waals surface area contributed by atoms with E-state index in [0.29, 0.717) is 11.2 Å². The standard InChI is InChI=1S/C11H22N2OS.ClH/c1-8(2)6-10(12)11(14)13-4-5-15-9(3)7-13;/h8-10H,4-7,12H2,1-3H3;1H/t9?,10-;/m0./s1. The van der Waals surface area contributed by atoms with Crippen LogP contribution in [0.3, 0.4) is 0 Å². The highest BCUT2D eigenvalue weighted by Gasteiger charge is 2.25. The molecule has 0 spiro atoms. The van der Waals surface area contributed by atoms with Gasteiger partial charge in [0.2, 0.25) is 5.91 Å². The van der Waals surface area contributed by atoms with Crippen molar-refractivity contribution in [3.05, 3.63) is 0 Å². The molecule has 1 amide bonds. The van der Waals surface area contributed by atoms with E-state index in [9.17, 15) is 4.79 Å². The molecule has 0 aromatic carbocycles. The second-order valence-corrected chi connectivity index (χ2v) is 6.25. The lowest BCUT2D eigenvalue weighted by Gasteiger charge is -2.32. The Labute approximate surface area is 109 Å². The number of carbonyl (C=O) groups excluding carboxylic acids is 1. The molecule has 1 fully saturated rings. The second-order valence-electron chi connectivity index (χ2n) is 4.70. The molecular formula is C11H23ClN2OS. The molecule has 0 aromatic heterocycles. The van der Waals surface area contributed by atoms with Gasteiger partial charge in [-0.25, -0.2) is 0 Å². The van der Waals surface area contributed by atoms with Crippen LogP contribution in [0.25, 0.3) is 0 Å². The third-order valence-electron chi connectivity index (χ3n) is 2.60. The van der Waals surface area contributed by atoms with Crippen LogP contribution in [-0.2, 0) is 4.79 Å². The van der Waals surface area contributed by atoms with Crippen molar-refractivity contribution in [1.29, 1.82) is 0 Å². The van der Waals surface area contributed by atoms with E-state index in [2.05, 4.69) is 20.8 Å². The molecule has 2 atom stereocenters. The number of carbonyl (C=O) groups is 1. The van der Waals surface area contributed by atoms with E-state index in [4.69, 9.17) is 5.73 Å². The van der Waals surface area contributed by atoms with Crippen LogP contribution in [0.15, 0.2) is 0 Å². The number of amides is 1. The van der Waals surface area contributed by atoms with Crippen molar-refractivity contribution in [3.63, 3.8) is 0 Å². The first-order chi connectivity index (χ1) is 7.00. The van der Waals surface area contributed by atoms with Gasteiger partial charge in [-0.3, -0.25) is 4.79 Å². The quantitative estimate of drug-likeness (QED) is 0.847. The molecule has 1 saturated heterocycles. The summed E-state index contributed by atoms with van der Waals surface area (Å²) in [7, 11) is 0. The number of hydrogen-bond acceptors (Lipinski definition) is 3. The summed E-state index contributed by atoms with van der Waals surface area (Å²) < 4.78 is 0. The molecule has 1 aliphatic rings. The maximum absolute atomic E-state index is 12.0. The van der Waals surface area contributed by atoms with E-state index in [1.54, 1.807) is 0 Å². The molecule has 1 aliphatic heterocycles. The van der Waals surface area contributed by atoms with Gasteiger partial charge < -0.3 is 10.6 Å². The minimum atomic E-state index is -0.305. The topological polar surface area (TPSA) is 46.3 Å². The molecule has 1 unspecified atom stereocenters. The maximum atomic E-state index is 12.0. The van der Waals surface area contributed by atoms with Crippen LogP contribution in [0, 0.1) is 5.92 Å². The third kappa shape index (κ3) is 4.93. The van der Waals surface area contributed by atoms with Crippen molar-refractivity contribution in [2.45, 2.75) is 38.5 Å². The fourth-order valence-electron chi connectivity index (χ4n) is 1.86. The van der Waals surface area contributed by atoms with Gasteiger partial charge in [0.25, 0.3) is 0 Å². The van der Waals surface area contributed by atoms with Gasteiger partial charge in [0, 0.05) is 24.1 Å². The highest BCUT2D eigenvalue weighted by molar-refractivity contribution is 7.99. The molecular weight excluding hydrogens is 244 g/mol. The highest BCUT2D eigenvalue weighted by Crippen LogP contribution is 2.18. The average molecular weight is 267 g/mol. The molecule has 1 rings (SSSR count). The molecule has 0 radical (unpaired) electrons. The molecule has 0 saturated carbocycles. The van der Waals surface area contributed by atoms with Crippen LogP contribution in [0.2, 0.25) is 0 Å². The maximum Gasteiger partial charge on any atom is 0.239 e. The number of hydrogen-bond donors (Lipinski definition) is 1. The Morgan fingerprint density at radius 2 is 2.19 bits per heavy atom. The van der Waals surface area contributed by atoms with E-state index in [0.717, 1.165) is 25.3 Å². The molecule has 1 heterocycles. The van der Waals surface area contributed by atoms with Crippen molar-refractivity contribution in [1.82, 2.24) is 4.90 Å². The zero-order chi connectivity index (χ0) is 11.4. The lowest BCUT2D eigenvalue weighted by atomic mass is 10.0. The Morgan fingerprint density at radius 1 is 1.56 bits per heavy atom. The molecule has 2 N–H and O–H groups in total. The molecule has 3 nitrogen and oxygen atoms in total. The van der Waals surface area contributed by atoms with Gasteiger partial charge in [-0.1, -0.05) is 20.8 Å². The van der Waals surface area contributed by atoms with E-state index in [1.807, 2.05) is 16.7 Å². The van der Waals surface area contributed by atoms with Gasteiger partial charge in [-0.05, 0) is 12.3 Å². The molecule has 0 aromatic rings. The predicted molar refractivity (Wildman–Crippen MR) is 73.2 cm³/mol. The van der Waals surface area contributed by atoms with Crippen LogP contribution in [0.5, 0.6) is 0 Å². The van der Waals surface area contributed by atoms with Gasteiger partial charge in [0.1, 0.15) is 0 Å². The van der Waals surface area contributed by atoms with Gasteiger partial charge in [-0.2, -0.15) is 11.8 Å². The van der Waals surface area contributed by atoms with E-state index >= 15 is 0 Å². The Bertz CT molecular complexity index is 226. The van der Waals surface area contributed by atoms with Gasteiger partial charge in [0.15, 0.2) is 0 Å². The first kappa shape index (κ1) is 16.1. The lowest BCUT2D eigenvalue weighted by molar-refractivity contribution is -0.132. The largest absolute Gasteiger partial charge is 0.339 e. The fraction of sp³-hybridized carbons (Fsp3) is 0.909. The molecule has 96 valence electrons. The number of halogens is 1. The van der Waals surface area contributed by atoms with Crippen LogP contribution >= 0.6 is 24.2 Å². The van der Waals surface area contributed by atoms with Crippen molar-refractivity contribution in [2.24, 2.45) is 11.7 Å². The van der Waals surface area contributed by atoms with Crippen LogP contribution in [0.1, 0.15) is 27.2 Å². The summed E-state index contributed by atoms with van der Waals surface area (Å²) >= 11 is 1.93. The first-order valence-corrected chi connectivity index (χ1v) is 6.71. The number of nitrogens with two attached hydrogens (primary N) is 1. The zero-order valence-electron chi connectivity index (χ0n) is 10.3. The first-order valence-electron chi connectivity index (χ1n) is 5.66. The lowest BCUT2D eigenvalue weighted by Crippen LogP contribution is -2.49. The van der Waals surface area contributed by atoms with Crippen LogP contribution in [0.4, 0.5) is 0 Å². The monoisotopic (exact) mass is 266 g/mol. The zero-order valence-corrected chi connectivity index (χ0v) is 11.9. The average Bonchev–Trinajstić information content (AvgIpc) is 2.15. The predicted octanol–water partition coefficient (Wildman–Crippen LogP) is 1.75. The summed E-state index contributed by atoms with van der Waals surface area (Å²) in [6.07, 6.45) is 0.789. The number of rotatable bonds is 3. The van der Waals surface area contributed by atoms with E-state index in [-0.39, 0.29) is 24.4 Å². The summed E-state index contributed by atoms with van der Waals surface area (Å²) in [4.78, 5) is 13.9. The van der Waals surface area contributed by atoms with Crippen LogP contribution < -0.4 is 5.73 Å². The Balaban J connectivity index is 0.00000225. The van der Waals surface area contributed by atoms with Gasteiger partial charge in [0.05, 0.1) is 6.04 Å². The van der Waals surface area contributed by atoms with Crippen molar-refractivity contribution in [2.75, 3.05) is 18.8 Å². The van der Waals surface area contributed by atoms with E-state index < -0.39 is 0 Å². The number of thioether (sulfide) groups is 1. The second kappa shape index (κ2) is 7.41.